The number of anilines is 2. The van der Waals surface area contributed by atoms with Crippen molar-refractivity contribution in [1.29, 1.82) is 0 Å². The Morgan fingerprint density at radius 3 is 2.53 bits per heavy atom. The van der Waals surface area contributed by atoms with Crippen LogP contribution in [0.5, 0.6) is 11.5 Å². The van der Waals surface area contributed by atoms with Crippen molar-refractivity contribution in [3.8, 4) is 11.5 Å². The maximum absolute atomic E-state index is 12.7. The molecule has 3 heterocycles. The van der Waals surface area contributed by atoms with Crippen molar-refractivity contribution >= 4 is 17.5 Å². The number of ether oxygens (including phenoxy) is 2. The Labute approximate surface area is 186 Å². The Morgan fingerprint density at radius 2 is 1.72 bits per heavy atom. The quantitative estimate of drug-likeness (QED) is 0.665. The van der Waals surface area contributed by atoms with E-state index in [0.29, 0.717) is 17.3 Å². The second-order valence-electron chi connectivity index (χ2n) is 7.86. The van der Waals surface area contributed by atoms with Gasteiger partial charge >= 0.3 is 0 Å². The second kappa shape index (κ2) is 9.23. The topological polar surface area (TPSA) is 79.8 Å². The highest BCUT2D eigenvalue weighted by Crippen LogP contribution is 2.31. The van der Waals surface area contributed by atoms with Crippen LogP contribution in [0.4, 0.5) is 11.6 Å². The van der Waals surface area contributed by atoms with Crippen LogP contribution in [-0.2, 0) is 11.3 Å². The molecule has 1 atom stereocenters. The lowest BCUT2D eigenvalue weighted by Crippen LogP contribution is -2.46. The molecule has 2 aliphatic heterocycles. The third kappa shape index (κ3) is 4.65. The van der Waals surface area contributed by atoms with Gasteiger partial charge < -0.3 is 19.7 Å². The molecule has 32 heavy (non-hydrogen) atoms. The molecule has 1 amide bonds. The molecule has 3 aromatic rings. The minimum atomic E-state index is -0.732. The first-order valence-electron chi connectivity index (χ1n) is 10.8. The summed E-state index contributed by atoms with van der Waals surface area (Å²) in [6, 6.07) is 19.6. The highest BCUT2D eigenvalue weighted by molar-refractivity contribution is 5.94. The summed E-state index contributed by atoms with van der Waals surface area (Å²) in [6.45, 7) is 4.75. The second-order valence-corrected chi connectivity index (χ2v) is 7.86. The molecule has 1 N–H and O–H groups in total. The molecular weight excluding hydrogens is 406 g/mol. The lowest BCUT2D eigenvalue weighted by molar-refractivity contribution is -0.125. The van der Waals surface area contributed by atoms with Gasteiger partial charge in [0.2, 0.25) is 6.10 Å². The predicted octanol–water partition coefficient (Wildman–Crippen LogP) is 2.58. The zero-order valence-corrected chi connectivity index (χ0v) is 17.7. The number of aromatic nitrogens is 2. The summed E-state index contributed by atoms with van der Waals surface area (Å²) >= 11 is 0. The van der Waals surface area contributed by atoms with Crippen molar-refractivity contribution in [1.82, 2.24) is 14.9 Å². The van der Waals surface area contributed by atoms with Gasteiger partial charge in [-0.2, -0.15) is 0 Å². The van der Waals surface area contributed by atoms with E-state index in [0.717, 1.165) is 38.5 Å². The summed E-state index contributed by atoms with van der Waals surface area (Å²) in [6.07, 6.45) is 0.749. The fourth-order valence-electron chi connectivity index (χ4n) is 3.92. The molecule has 5 rings (SSSR count). The largest absolute Gasteiger partial charge is 0.485 e. The molecule has 0 radical (unpaired) electrons. The summed E-state index contributed by atoms with van der Waals surface area (Å²) in [5.74, 6) is 2.18. The van der Waals surface area contributed by atoms with E-state index in [9.17, 15) is 4.79 Å². The van der Waals surface area contributed by atoms with Crippen LogP contribution < -0.4 is 19.7 Å². The van der Waals surface area contributed by atoms with Crippen molar-refractivity contribution in [2.24, 2.45) is 0 Å². The molecule has 2 aliphatic rings. The number of hydrogen-bond acceptors (Lipinski definition) is 7. The molecule has 0 saturated carbocycles. The molecule has 8 heteroatoms. The summed E-state index contributed by atoms with van der Waals surface area (Å²) in [4.78, 5) is 26.0. The molecule has 1 fully saturated rings. The fourth-order valence-corrected chi connectivity index (χ4v) is 3.92. The van der Waals surface area contributed by atoms with Gasteiger partial charge in [-0.3, -0.25) is 9.69 Å². The third-order valence-corrected chi connectivity index (χ3v) is 5.65. The maximum atomic E-state index is 12.7. The van der Waals surface area contributed by atoms with Gasteiger partial charge in [-0.05, 0) is 17.7 Å². The number of nitrogens with one attached hydrogen (secondary N) is 1. The molecule has 2 aromatic carbocycles. The minimum Gasteiger partial charge on any atom is -0.485 e. The van der Waals surface area contributed by atoms with Crippen molar-refractivity contribution in [3.63, 3.8) is 0 Å². The number of piperazine rings is 1. The van der Waals surface area contributed by atoms with Gasteiger partial charge in [0.05, 0.1) is 0 Å². The molecular formula is C24H25N5O3. The summed E-state index contributed by atoms with van der Waals surface area (Å²) < 4.78 is 11.4. The van der Waals surface area contributed by atoms with Gasteiger partial charge in [-0.15, -0.1) is 0 Å². The van der Waals surface area contributed by atoms with Gasteiger partial charge in [0.25, 0.3) is 5.91 Å². The highest BCUT2D eigenvalue weighted by Gasteiger charge is 2.28. The minimum absolute atomic E-state index is 0.157. The molecule has 0 aliphatic carbocycles. The first-order chi connectivity index (χ1) is 15.7. The summed E-state index contributed by atoms with van der Waals surface area (Å²) in [5, 5.41) is 2.83. The molecule has 0 unspecified atom stereocenters. The van der Waals surface area contributed by atoms with Crippen LogP contribution in [-0.4, -0.2) is 59.7 Å². The average molecular weight is 431 g/mol. The van der Waals surface area contributed by atoms with E-state index in [1.165, 1.54) is 11.9 Å². The SMILES string of the molecule is O=C(Nc1cc(N2CCN(Cc3ccccc3)CC2)ncn1)[C@@H]1COc2ccccc2O1. The monoisotopic (exact) mass is 431 g/mol. The van der Waals surface area contributed by atoms with Crippen LogP contribution in [0.2, 0.25) is 0 Å². The molecule has 1 aromatic heterocycles. The third-order valence-electron chi connectivity index (χ3n) is 5.65. The first-order valence-corrected chi connectivity index (χ1v) is 10.8. The van der Waals surface area contributed by atoms with Crippen LogP contribution in [0, 0.1) is 0 Å². The van der Waals surface area contributed by atoms with E-state index >= 15 is 0 Å². The summed E-state index contributed by atoms with van der Waals surface area (Å²) in [7, 11) is 0. The van der Waals surface area contributed by atoms with Gasteiger partial charge in [0, 0.05) is 38.8 Å². The smallest absolute Gasteiger partial charge is 0.270 e. The number of benzene rings is 2. The van der Waals surface area contributed by atoms with E-state index in [1.807, 2.05) is 30.3 Å². The van der Waals surface area contributed by atoms with Crippen molar-refractivity contribution in [2.45, 2.75) is 12.6 Å². The lowest BCUT2D eigenvalue weighted by Gasteiger charge is -2.35. The molecule has 1 saturated heterocycles. The van der Waals surface area contributed by atoms with Crippen molar-refractivity contribution in [3.05, 3.63) is 72.6 Å². The van der Waals surface area contributed by atoms with Crippen molar-refractivity contribution in [2.75, 3.05) is 43.0 Å². The zero-order valence-electron chi connectivity index (χ0n) is 17.7. The number of carbonyl (C=O) groups excluding carboxylic acids is 1. The standard InChI is InChI=1S/C24H25N5O3/c30-24(21-16-31-19-8-4-5-9-20(19)32-21)27-22-14-23(26-17-25-22)29-12-10-28(11-13-29)15-18-6-2-1-3-7-18/h1-9,14,17,21H,10-13,15-16H2,(H,25,26,27,30)/t21-/m0/s1. The predicted molar refractivity (Wildman–Crippen MR) is 121 cm³/mol. The van der Waals surface area contributed by atoms with Crippen LogP contribution in [0.15, 0.2) is 67.0 Å². The normalized spacial score (nSPS) is 18.2. The van der Waals surface area contributed by atoms with Gasteiger partial charge in [0.1, 0.15) is 24.6 Å². The Bertz CT molecular complexity index is 1070. The van der Waals surface area contributed by atoms with Gasteiger partial charge in [-0.25, -0.2) is 9.97 Å². The van der Waals surface area contributed by atoms with E-state index in [-0.39, 0.29) is 12.5 Å². The Hall–Kier alpha value is -3.65. The average Bonchev–Trinajstić information content (AvgIpc) is 2.85. The number of fused-ring (bicyclic) bond motifs is 1. The van der Waals surface area contributed by atoms with E-state index in [1.54, 1.807) is 6.07 Å². The molecule has 0 bridgehead atoms. The highest BCUT2D eigenvalue weighted by atomic mass is 16.6. The number of rotatable bonds is 5. The van der Waals surface area contributed by atoms with E-state index < -0.39 is 6.10 Å². The fraction of sp³-hybridized carbons (Fsp3) is 0.292. The number of amides is 1. The Balaban J connectivity index is 1.17. The first kappa shape index (κ1) is 20.3. The van der Waals surface area contributed by atoms with E-state index in [2.05, 4.69) is 49.4 Å². The van der Waals surface area contributed by atoms with Crippen LogP contribution >= 0.6 is 0 Å². The number of hydrogen-bond donors (Lipinski definition) is 1. The zero-order chi connectivity index (χ0) is 21.8. The molecule has 8 nitrogen and oxygen atoms in total. The van der Waals surface area contributed by atoms with Crippen molar-refractivity contribution < 1.29 is 14.3 Å². The van der Waals surface area contributed by atoms with Crippen LogP contribution in [0.25, 0.3) is 0 Å². The van der Waals surface area contributed by atoms with Gasteiger partial charge in [0.15, 0.2) is 11.5 Å². The number of nitrogens with zero attached hydrogens (tertiary/aromatic N) is 4. The van der Waals surface area contributed by atoms with Gasteiger partial charge in [-0.1, -0.05) is 42.5 Å². The molecule has 164 valence electrons. The lowest BCUT2D eigenvalue weighted by atomic mass is 10.2. The Kier molecular flexibility index (Phi) is 5.85. The maximum Gasteiger partial charge on any atom is 0.270 e. The molecule has 0 spiro atoms. The number of para-hydroxylation sites is 2. The Morgan fingerprint density at radius 1 is 0.969 bits per heavy atom. The van der Waals surface area contributed by atoms with Crippen LogP contribution in [0.3, 0.4) is 0 Å². The van der Waals surface area contributed by atoms with E-state index in [4.69, 9.17) is 9.47 Å². The summed E-state index contributed by atoms with van der Waals surface area (Å²) in [5.41, 5.74) is 1.32. The number of carbonyl (C=O) groups is 1. The van der Waals surface area contributed by atoms with Crippen LogP contribution in [0.1, 0.15) is 5.56 Å².